The number of carbonyl (C=O) groups excluding carboxylic acids is 1. The van der Waals surface area contributed by atoms with Gasteiger partial charge in [-0.25, -0.2) is 4.79 Å². The zero-order valence-corrected chi connectivity index (χ0v) is 14.5. The molecule has 0 aliphatic carbocycles. The lowest BCUT2D eigenvalue weighted by atomic mass is 9.99. The van der Waals surface area contributed by atoms with Crippen LogP contribution >= 0.6 is 0 Å². The van der Waals surface area contributed by atoms with Crippen LogP contribution in [0.25, 0.3) is 11.0 Å². The average molecular weight is 349 g/mol. The van der Waals surface area contributed by atoms with Gasteiger partial charge in [-0.1, -0.05) is 24.3 Å². The van der Waals surface area contributed by atoms with Crippen LogP contribution in [0.3, 0.4) is 0 Å². The van der Waals surface area contributed by atoms with Gasteiger partial charge in [0.2, 0.25) is 0 Å². The van der Waals surface area contributed by atoms with Gasteiger partial charge in [-0.05, 0) is 42.7 Å². The van der Waals surface area contributed by atoms with Gasteiger partial charge in [0.15, 0.2) is 6.10 Å². The Balaban J connectivity index is 1.48. The summed E-state index contributed by atoms with van der Waals surface area (Å²) in [5.74, 6) is 0.458. The quantitative estimate of drug-likeness (QED) is 0.682. The smallest absolute Gasteiger partial charge is 0.336 e. The standard InChI is InChI=1S/C21H19NO4/c1-14(21(24)22-11-10-15-4-2-3-5-17(15)13-22)25-18-8-6-16-7-9-20(23)26-19(16)12-18/h2-9,12,14H,10-11,13H2,1H3/t14-/m1/s1. The molecule has 2 aromatic carbocycles. The molecule has 0 spiro atoms. The van der Waals surface area contributed by atoms with Gasteiger partial charge in [-0.2, -0.15) is 0 Å². The van der Waals surface area contributed by atoms with Crippen molar-refractivity contribution in [2.24, 2.45) is 0 Å². The first-order chi connectivity index (χ1) is 12.6. The monoisotopic (exact) mass is 349 g/mol. The van der Waals surface area contributed by atoms with E-state index in [0.29, 0.717) is 24.4 Å². The molecule has 0 bridgehead atoms. The molecule has 2 heterocycles. The second kappa shape index (κ2) is 6.67. The number of carbonyl (C=O) groups is 1. The van der Waals surface area contributed by atoms with Crippen molar-refractivity contribution in [3.8, 4) is 5.75 Å². The van der Waals surface area contributed by atoms with Crippen molar-refractivity contribution in [3.63, 3.8) is 0 Å². The Hall–Kier alpha value is -3.08. The van der Waals surface area contributed by atoms with Crippen LogP contribution in [0.15, 0.2) is 63.8 Å². The SMILES string of the molecule is C[C@@H](Oc1ccc2ccc(=O)oc2c1)C(=O)N1CCc2ccccc2C1. The molecule has 4 rings (SSSR count). The number of amides is 1. The summed E-state index contributed by atoms with van der Waals surface area (Å²) in [7, 11) is 0. The Morgan fingerprint density at radius 3 is 2.73 bits per heavy atom. The van der Waals surface area contributed by atoms with Crippen molar-refractivity contribution in [2.45, 2.75) is 26.0 Å². The van der Waals surface area contributed by atoms with Gasteiger partial charge >= 0.3 is 5.63 Å². The molecule has 1 atom stereocenters. The van der Waals surface area contributed by atoms with Gasteiger partial charge in [0.05, 0.1) is 0 Å². The van der Waals surface area contributed by atoms with E-state index in [1.807, 2.05) is 23.1 Å². The highest BCUT2D eigenvalue weighted by molar-refractivity contribution is 5.82. The molecule has 5 heteroatoms. The molecule has 0 saturated carbocycles. The summed E-state index contributed by atoms with van der Waals surface area (Å²) in [5, 5.41) is 0.809. The van der Waals surface area contributed by atoms with E-state index in [1.54, 1.807) is 25.1 Å². The predicted molar refractivity (Wildman–Crippen MR) is 98.1 cm³/mol. The van der Waals surface area contributed by atoms with E-state index in [9.17, 15) is 9.59 Å². The fourth-order valence-electron chi connectivity index (χ4n) is 3.31. The summed E-state index contributed by atoms with van der Waals surface area (Å²) < 4.78 is 11.0. The summed E-state index contributed by atoms with van der Waals surface area (Å²) >= 11 is 0. The molecule has 26 heavy (non-hydrogen) atoms. The average Bonchev–Trinajstić information content (AvgIpc) is 2.66. The van der Waals surface area contributed by atoms with Crippen LogP contribution < -0.4 is 10.4 Å². The number of nitrogens with zero attached hydrogens (tertiary/aromatic N) is 1. The lowest BCUT2D eigenvalue weighted by Crippen LogP contribution is -2.43. The number of benzene rings is 2. The lowest BCUT2D eigenvalue weighted by Gasteiger charge is -2.31. The van der Waals surface area contributed by atoms with Crippen molar-refractivity contribution in [2.75, 3.05) is 6.54 Å². The molecule has 5 nitrogen and oxygen atoms in total. The Morgan fingerprint density at radius 1 is 1.12 bits per heavy atom. The van der Waals surface area contributed by atoms with Crippen molar-refractivity contribution >= 4 is 16.9 Å². The Morgan fingerprint density at radius 2 is 1.88 bits per heavy atom. The summed E-state index contributed by atoms with van der Waals surface area (Å²) in [4.78, 5) is 25.9. The number of fused-ring (bicyclic) bond motifs is 2. The summed E-state index contributed by atoms with van der Waals surface area (Å²) in [6, 6.07) is 16.5. The van der Waals surface area contributed by atoms with Crippen LogP contribution in [-0.4, -0.2) is 23.5 Å². The highest BCUT2D eigenvalue weighted by Gasteiger charge is 2.25. The lowest BCUT2D eigenvalue weighted by molar-refractivity contribution is -0.138. The van der Waals surface area contributed by atoms with Crippen LogP contribution in [0.4, 0.5) is 0 Å². The normalized spacial score (nSPS) is 14.7. The number of ether oxygens (including phenoxy) is 1. The molecule has 132 valence electrons. The topological polar surface area (TPSA) is 59.8 Å². The largest absolute Gasteiger partial charge is 0.481 e. The third kappa shape index (κ3) is 3.20. The zero-order valence-electron chi connectivity index (χ0n) is 14.5. The van der Waals surface area contributed by atoms with Gasteiger partial charge in [0.25, 0.3) is 5.91 Å². The van der Waals surface area contributed by atoms with E-state index in [4.69, 9.17) is 9.15 Å². The second-order valence-electron chi connectivity index (χ2n) is 6.49. The Labute approximate surface area is 150 Å². The molecule has 1 aliphatic rings. The van der Waals surface area contributed by atoms with Crippen LogP contribution in [0.2, 0.25) is 0 Å². The summed E-state index contributed by atoms with van der Waals surface area (Å²) in [6.07, 6.45) is 0.239. The fourth-order valence-corrected chi connectivity index (χ4v) is 3.31. The third-order valence-electron chi connectivity index (χ3n) is 4.70. The maximum atomic E-state index is 12.8. The molecule has 0 fully saturated rings. The molecule has 0 radical (unpaired) electrons. The zero-order chi connectivity index (χ0) is 18.1. The molecule has 0 saturated heterocycles. The molecule has 1 aromatic heterocycles. The number of rotatable bonds is 3. The second-order valence-corrected chi connectivity index (χ2v) is 6.49. The number of hydrogen-bond donors (Lipinski definition) is 0. The molecular formula is C21H19NO4. The van der Waals surface area contributed by atoms with E-state index in [-0.39, 0.29) is 5.91 Å². The van der Waals surface area contributed by atoms with Crippen LogP contribution in [0.5, 0.6) is 5.75 Å². The maximum absolute atomic E-state index is 12.8. The molecule has 1 aliphatic heterocycles. The predicted octanol–water partition coefficient (Wildman–Crippen LogP) is 3.15. The van der Waals surface area contributed by atoms with Crippen molar-refractivity contribution in [1.29, 1.82) is 0 Å². The van der Waals surface area contributed by atoms with E-state index >= 15 is 0 Å². The van der Waals surface area contributed by atoms with Gasteiger partial charge in [-0.15, -0.1) is 0 Å². The minimum atomic E-state index is -0.617. The minimum absolute atomic E-state index is 0.0471. The van der Waals surface area contributed by atoms with E-state index in [1.165, 1.54) is 17.2 Å². The van der Waals surface area contributed by atoms with E-state index < -0.39 is 11.7 Å². The first-order valence-corrected chi connectivity index (χ1v) is 8.66. The Kier molecular flexibility index (Phi) is 4.21. The fraction of sp³-hybridized carbons (Fsp3) is 0.238. The Bertz CT molecular complexity index is 1020. The maximum Gasteiger partial charge on any atom is 0.336 e. The molecular weight excluding hydrogens is 330 g/mol. The minimum Gasteiger partial charge on any atom is -0.481 e. The van der Waals surface area contributed by atoms with Crippen LogP contribution in [0.1, 0.15) is 18.1 Å². The van der Waals surface area contributed by atoms with Gasteiger partial charge in [0.1, 0.15) is 11.3 Å². The van der Waals surface area contributed by atoms with Crippen molar-refractivity contribution in [3.05, 3.63) is 76.1 Å². The first kappa shape index (κ1) is 16.4. The third-order valence-corrected chi connectivity index (χ3v) is 4.70. The van der Waals surface area contributed by atoms with Crippen molar-refractivity contribution in [1.82, 2.24) is 4.90 Å². The summed E-state index contributed by atoms with van der Waals surface area (Å²) in [5.41, 5.74) is 2.52. The first-order valence-electron chi connectivity index (χ1n) is 8.66. The summed E-state index contributed by atoms with van der Waals surface area (Å²) in [6.45, 7) is 3.04. The highest BCUT2D eigenvalue weighted by atomic mass is 16.5. The molecule has 0 N–H and O–H groups in total. The van der Waals surface area contributed by atoms with Crippen molar-refractivity contribution < 1.29 is 13.9 Å². The molecule has 1 amide bonds. The highest BCUT2D eigenvalue weighted by Crippen LogP contribution is 2.23. The van der Waals surface area contributed by atoms with Gasteiger partial charge in [0, 0.05) is 30.6 Å². The van der Waals surface area contributed by atoms with Gasteiger partial charge < -0.3 is 14.1 Å². The van der Waals surface area contributed by atoms with Gasteiger partial charge in [-0.3, -0.25) is 4.79 Å². The molecule has 3 aromatic rings. The van der Waals surface area contributed by atoms with E-state index in [0.717, 1.165) is 11.8 Å². The van der Waals surface area contributed by atoms with Crippen LogP contribution in [-0.2, 0) is 17.8 Å². The number of hydrogen-bond acceptors (Lipinski definition) is 4. The molecule has 0 unspecified atom stereocenters. The van der Waals surface area contributed by atoms with Crippen LogP contribution in [0, 0.1) is 0 Å². The van der Waals surface area contributed by atoms with E-state index in [2.05, 4.69) is 12.1 Å².